The van der Waals surface area contributed by atoms with Crippen LogP contribution < -0.4 is 5.56 Å². The van der Waals surface area contributed by atoms with Crippen LogP contribution in [0.2, 0.25) is 0 Å². The molecule has 0 aliphatic rings. The molecule has 0 saturated carbocycles. The summed E-state index contributed by atoms with van der Waals surface area (Å²) in [7, 11) is 0. The van der Waals surface area contributed by atoms with E-state index < -0.39 is 5.97 Å². The van der Waals surface area contributed by atoms with Gasteiger partial charge in [0.1, 0.15) is 0 Å². The molecule has 0 unspecified atom stereocenters. The Morgan fingerprint density at radius 1 is 1.45 bits per heavy atom. The average molecular weight is 291 g/mol. The van der Waals surface area contributed by atoms with Gasteiger partial charge < -0.3 is 9.67 Å². The van der Waals surface area contributed by atoms with Gasteiger partial charge in [0.05, 0.1) is 12.3 Å². The topological polar surface area (TPSA) is 85.1 Å². The molecule has 20 heavy (non-hydrogen) atoms. The highest BCUT2D eigenvalue weighted by Crippen LogP contribution is 2.16. The first-order valence-corrected chi connectivity index (χ1v) is 6.86. The number of aryl methyl sites for hydroxylation is 1. The molecular formula is C13H13N3O3S. The molecule has 0 saturated heterocycles. The fourth-order valence-electron chi connectivity index (χ4n) is 1.62. The molecule has 104 valence electrons. The van der Waals surface area contributed by atoms with Gasteiger partial charge in [0.15, 0.2) is 5.16 Å². The molecule has 0 bridgehead atoms. The summed E-state index contributed by atoms with van der Waals surface area (Å²) in [5.74, 6) is -1.08. The standard InChI is InChI=1S/C13H13N3O3S/c1-9-2-4-14-6-10(9)7-16-5-3-11(17)15-13(16)20-8-12(18)19/h2-6H,7-8H2,1H3,(H,18,19). The van der Waals surface area contributed by atoms with Gasteiger partial charge in [-0.2, -0.15) is 4.98 Å². The minimum atomic E-state index is -0.947. The monoisotopic (exact) mass is 291 g/mol. The molecule has 0 aromatic carbocycles. The van der Waals surface area contributed by atoms with Gasteiger partial charge in [0.2, 0.25) is 0 Å². The number of thioether (sulfide) groups is 1. The zero-order valence-electron chi connectivity index (χ0n) is 10.8. The first kappa shape index (κ1) is 14.3. The van der Waals surface area contributed by atoms with Crippen molar-refractivity contribution in [2.75, 3.05) is 5.75 Å². The number of carboxylic acid groups (broad SMARTS) is 1. The predicted molar refractivity (Wildman–Crippen MR) is 74.9 cm³/mol. The second kappa shape index (κ2) is 6.33. The Labute approximate surface area is 119 Å². The molecule has 2 aromatic rings. The summed E-state index contributed by atoms with van der Waals surface area (Å²) in [6.07, 6.45) is 5.08. The fraction of sp³-hybridized carbons (Fsp3) is 0.231. The van der Waals surface area contributed by atoms with Crippen LogP contribution in [0.1, 0.15) is 11.1 Å². The molecule has 2 heterocycles. The lowest BCUT2D eigenvalue weighted by molar-refractivity contribution is -0.133. The normalized spacial score (nSPS) is 10.4. The van der Waals surface area contributed by atoms with Crippen molar-refractivity contribution < 1.29 is 9.90 Å². The molecule has 0 radical (unpaired) electrons. The van der Waals surface area contributed by atoms with Crippen molar-refractivity contribution in [2.24, 2.45) is 0 Å². The van der Waals surface area contributed by atoms with Gasteiger partial charge in [-0.25, -0.2) is 0 Å². The van der Waals surface area contributed by atoms with Crippen LogP contribution in [0.4, 0.5) is 0 Å². The largest absolute Gasteiger partial charge is 0.481 e. The summed E-state index contributed by atoms with van der Waals surface area (Å²) >= 11 is 1.03. The first-order valence-electron chi connectivity index (χ1n) is 5.88. The van der Waals surface area contributed by atoms with E-state index in [4.69, 9.17) is 5.11 Å². The summed E-state index contributed by atoms with van der Waals surface area (Å²) in [4.78, 5) is 29.9. The Morgan fingerprint density at radius 3 is 2.95 bits per heavy atom. The molecule has 6 nitrogen and oxygen atoms in total. The van der Waals surface area contributed by atoms with Gasteiger partial charge in [-0.05, 0) is 24.1 Å². The van der Waals surface area contributed by atoms with Crippen molar-refractivity contribution in [3.05, 3.63) is 52.2 Å². The predicted octanol–water partition coefficient (Wildman–Crippen LogP) is 1.17. The lowest BCUT2D eigenvalue weighted by Gasteiger charge is -2.12. The quantitative estimate of drug-likeness (QED) is 0.657. The van der Waals surface area contributed by atoms with Crippen LogP contribution in [-0.4, -0.2) is 31.4 Å². The summed E-state index contributed by atoms with van der Waals surface area (Å²) in [5.41, 5.74) is 1.69. The van der Waals surface area contributed by atoms with Crippen molar-refractivity contribution in [3.63, 3.8) is 0 Å². The van der Waals surface area contributed by atoms with Gasteiger partial charge in [-0.15, -0.1) is 0 Å². The maximum absolute atomic E-state index is 11.3. The van der Waals surface area contributed by atoms with Crippen molar-refractivity contribution in [1.82, 2.24) is 14.5 Å². The number of pyridine rings is 1. The Morgan fingerprint density at radius 2 is 2.25 bits per heavy atom. The first-order chi connectivity index (χ1) is 9.56. The van der Waals surface area contributed by atoms with Crippen LogP contribution in [0.15, 0.2) is 40.7 Å². The molecule has 0 fully saturated rings. The number of hydrogen-bond donors (Lipinski definition) is 1. The van der Waals surface area contributed by atoms with E-state index in [1.54, 1.807) is 23.2 Å². The lowest BCUT2D eigenvalue weighted by atomic mass is 10.1. The summed E-state index contributed by atoms with van der Waals surface area (Å²) in [6.45, 7) is 2.46. The Bertz CT molecular complexity index is 685. The zero-order chi connectivity index (χ0) is 14.5. The van der Waals surface area contributed by atoms with E-state index in [9.17, 15) is 9.59 Å². The number of carboxylic acids is 1. The third kappa shape index (κ3) is 3.67. The van der Waals surface area contributed by atoms with Gasteiger partial charge in [-0.3, -0.25) is 14.6 Å². The second-order valence-electron chi connectivity index (χ2n) is 4.16. The minimum absolute atomic E-state index is 0.136. The van der Waals surface area contributed by atoms with Crippen LogP contribution in [0, 0.1) is 6.92 Å². The smallest absolute Gasteiger partial charge is 0.313 e. The van der Waals surface area contributed by atoms with Gasteiger partial charge in [0, 0.05) is 24.7 Å². The Kier molecular flexibility index (Phi) is 4.52. The van der Waals surface area contributed by atoms with Crippen molar-refractivity contribution in [1.29, 1.82) is 0 Å². The Hall–Kier alpha value is -2.15. The van der Waals surface area contributed by atoms with Crippen LogP contribution in [0.5, 0.6) is 0 Å². The van der Waals surface area contributed by atoms with Gasteiger partial charge >= 0.3 is 5.97 Å². The number of nitrogens with zero attached hydrogens (tertiary/aromatic N) is 3. The van der Waals surface area contributed by atoms with Crippen LogP contribution in [0.3, 0.4) is 0 Å². The number of hydrogen-bond acceptors (Lipinski definition) is 5. The highest BCUT2D eigenvalue weighted by molar-refractivity contribution is 7.99. The maximum Gasteiger partial charge on any atom is 0.313 e. The number of aliphatic carboxylic acids is 1. The molecule has 0 aliphatic carbocycles. The molecule has 0 atom stereocenters. The number of rotatable bonds is 5. The van der Waals surface area contributed by atoms with Crippen molar-refractivity contribution >= 4 is 17.7 Å². The molecular weight excluding hydrogens is 278 g/mol. The number of aromatic nitrogens is 3. The second-order valence-corrected chi connectivity index (χ2v) is 5.10. The van der Waals surface area contributed by atoms with E-state index in [1.807, 2.05) is 13.0 Å². The maximum atomic E-state index is 11.3. The van der Waals surface area contributed by atoms with Crippen LogP contribution in [0.25, 0.3) is 0 Å². The molecule has 7 heteroatoms. The van der Waals surface area contributed by atoms with Crippen LogP contribution >= 0.6 is 11.8 Å². The summed E-state index contributed by atoms with van der Waals surface area (Å²) in [6, 6.07) is 3.26. The van der Waals surface area contributed by atoms with Crippen molar-refractivity contribution in [2.45, 2.75) is 18.6 Å². The third-order valence-corrected chi connectivity index (χ3v) is 3.64. The van der Waals surface area contributed by atoms with Crippen molar-refractivity contribution in [3.8, 4) is 0 Å². The lowest BCUT2D eigenvalue weighted by Crippen LogP contribution is -2.15. The summed E-state index contributed by atoms with van der Waals surface area (Å²) in [5, 5.41) is 9.11. The Balaban J connectivity index is 2.29. The molecule has 1 N–H and O–H groups in total. The average Bonchev–Trinajstić information content (AvgIpc) is 2.41. The molecule has 2 rings (SSSR count). The highest BCUT2D eigenvalue weighted by atomic mass is 32.2. The fourth-order valence-corrected chi connectivity index (χ4v) is 2.32. The highest BCUT2D eigenvalue weighted by Gasteiger charge is 2.08. The van der Waals surface area contributed by atoms with E-state index in [2.05, 4.69) is 9.97 Å². The summed E-state index contributed by atoms with van der Waals surface area (Å²) < 4.78 is 1.75. The van der Waals surface area contributed by atoms with E-state index in [-0.39, 0.29) is 11.3 Å². The van der Waals surface area contributed by atoms with Gasteiger partial charge in [0.25, 0.3) is 5.56 Å². The number of carbonyl (C=O) groups is 1. The zero-order valence-corrected chi connectivity index (χ0v) is 11.6. The molecule has 0 amide bonds. The third-order valence-electron chi connectivity index (χ3n) is 2.66. The minimum Gasteiger partial charge on any atom is -0.481 e. The SMILES string of the molecule is Cc1ccncc1Cn1ccc(=O)nc1SCC(=O)O. The van der Waals surface area contributed by atoms with E-state index in [0.717, 1.165) is 22.9 Å². The molecule has 0 aliphatic heterocycles. The molecule has 0 spiro atoms. The van der Waals surface area contributed by atoms with E-state index in [1.165, 1.54) is 6.07 Å². The molecule has 2 aromatic heterocycles. The van der Waals surface area contributed by atoms with E-state index >= 15 is 0 Å². The van der Waals surface area contributed by atoms with Gasteiger partial charge in [-0.1, -0.05) is 11.8 Å². The van der Waals surface area contributed by atoms with E-state index in [0.29, 0.717) is 11.7 Å². The van der Waals surface area contributed by atoms with Crippen LogP contribution in [-0.2, 0) is 11.3 Å².